The minimum Gasteiger partial charge on any atom is -0.307 e. The molecule has 0 aliphatic heterocycles. The highest BCUT2D eigenvalue weighted by molar-refractivity contribution is 7.18. The molecule has 96 valence electrons. The second-order valence-corrected chi connectivity index (χ2v) is 5.52. The van der Waals surface area contributed by atoms with Crippen molar-refractivity contribution >= 4 is 34.5 Å². The van der Waals surface area contributed by atoms with E-state index in [1.165, 1.54) is 11.3 Å². The molecule has 1 heterocycles. The smallest absolute Gasteiger partial charge is 0.268 e. The summed E-state index contributed by atoms with van der Waals surface area (Å²) in [6, 6.07) is 14.8. The van der Waals surface area contributed by atoms with Crippen LogP contribution in [0.5, 0.6) is 0 Å². The SMILES string of the molecule is N#CCCN(C(=O)c1ccc(Cl)s1)c1ccccc1. The van der Waals surface area contributed by atoms with E-state index in [0.29, 0.717) is 22.2 Å². The first-order valence-corrected chi connectivity index (χ1v) is 6.91. The maximum atomic E-state index is 12.4. The van der Waals surface area contributed by atoms with Gasteiger partial charge in [0.15, 0.2) is 0 Å². The number of amides is 1. The summed E-state index contributed by atoms with van der Waals surface area (Å²) in [4.78, 5) is 14.6. The molecule has 0 spiro atoms. The van der Waals surface area contributed by atoms with Gasteiger partial charge in [0.05, 0.1) is 21.7 Å². The van der Waals surface area contributed by atoms with E-state index >= 15 is 0 Å². The zero-order valence-corrected chi connectivity index (χ0v) is 11.6. The van der Waals surface area contributed by atoms with Crippen LogP contribution in [0.2, 0.25) is 4.34 Å². The van der Waals surface area contributed by atoms with E-state index < -0.39 is 0 Å². The lowest BCUT2D eigenvalue weighted by Crippen LogP contribution is -2.31. The Bertz CT molecular complexity index is 603. The first-order chi connectivity index (χ1) is 9.22. The second kappa shape index (κ2) is 6.37. The average Bonchev–Trinajstić information content (AvgIpc) is 2.87. The highest BCUT2D eigenvalue weighted by Crippen LogP contribution is 2.25. The first kappa shape index (κ1) is 13.6. The van der Waals surface area contributed by atoms with Crippen LogP contribution in [-0.2, 0) is 0 Å². The minimum absolute atomic E-state index is 0.127. The van der Waals surface area contributed by atoms with Crippen LogP contribution in [0.3, 0.4) is 0 Å². The molecule has 19 heavy (non-hydrogen) atoms. The van der Waals surface area contributed by atoms with Gasteiger partial charge in [0, 0.05) is 12.2 Å². The molecule has 3 nitrogen and oxygen atoms in total. The van der Waals surface area contributed by atoms with Gasteiger partial charge in [-0.05, 0) is 24.3 Å². The van der Waals surface area contributed by atoms with Crippen LogP contribution in [0.25, 0.3) is 0 Å². The first-order valence-electron chi connectivity index (χ1n) is 5.71. The van der Waals surface area contributed by atoms with Crippen molar-refractivity contribution < 1.29 is 4.79 Å². The molecule has 0 N–H and O–H groups in total. The lowest BCUT2D eigenvalue weighted by Gasteiger charge is -2.20. The number of nitriles is 1. The van der Waals surface area contributed by atoms with Crippen LogP contribution in [0, 0.1) is 11.3 Å². The molecule has 0 fully saturated rings. The summed E-state index contributed by atoms with van der Waals surface area (Å²) in [6.45, 7) is 0.370. The average molecular weight is 291 g/mol. The van der Waals surface area contributed by atoms with Gasteiger partial charge in [0.1, 0.15) is 0 Å². The number of carbonyl (C=O) groups excluding carboxylic acids is 1. The molecule has 2 rings (SSSR count). The number of anilines is 1. The molecule has 0 bridgehead atoms. The Labute approximate surface area is 120 Å². The summed E-state index contributed by atoms with van der Waals surface area (Å²) < 4.78 is 0.580. The Kier molecular flexibility index (Phi) is 4.56. The number of thiophene rings is 1. The van der Waals surface area contributed by atoms with Crippen molar-refractivity contribution in [2.45, 2.75) is 6.42 Å². The molecule has 0 atom stereocenters. The fourth-order valence-corrected chi connectivity index (χ4v) is 2.67. The summed E-state index contributed by atoms with van der Waals surface area (Å²) in [5.74, 6) is -0.127. The van der Waals surface area contributed by atoms with E-state index in [1.54, 1.807) is 17.0 Å². The highest BCUT2D eigenvalue weighted by atomic mass is 35.5. The van der Waals surface area contributed by atoms with Crippen molar-refractivity contribution in [2.24, 2.45) is 0 Å². The Morgan fingerprint density at radius 1 is 1.26 bits per heavy atom. The molecule has 2 aromatic rings. The van der Waals surface area contributed by atoms with Crippen molar-refractivity contribution in [1.29, 1.82) is 5.26 Å². The summed E-state index contributed by atoms with van der Waals surface area (Å²) in [5, 5.41) is 8.71. The summed E-state index contributed by atoms with van der Waals surface area (Å²) >= 11 is 7.10. The Balaban J connectivity index is 2.28. The van der Waals surface area contributed by atoms with E-state index in [9.17, 15) is 4.79 Å². The molecule has 0 saturated carbocycles. The topological polar surface area (TPSA) is 44.1 Å². The number of benzene rings is 1. The quantitative estimate of drug-likeness (QED) is 0.855. The number of halogens is 1. The van der Waals surface area contributed by atoms with Crippen molar-refractivity contribution in [2.75, 3.05) is 11.4 Å². The molecule has 1 amide bonds. The van der Waals surface area contributed by atoms with Gasteiger partial charge in [0.2, 0.25) is 0 Å². The van der Waals surface area contributed by atoms with Gasteiger partial charge >= 0.3 is 0 Å². The number of hydrogen-bond acceptors (Lipinski definition) is 3. The van der Waals surface area contributed by atoms with E-state index in [0.717, 1.165) is 5.69 Å². The molecule has 1 aromatic heterocycles. The maximum absolute atomic E-state index is 12.4. The summed E-state index contributed by atoms with van der Waals surface area (Å²) in [6.07, 6.45) is 0.291. The van der Waals surface area contributed by atoms with Crippen LogP contribution in [0.1, 0.15) is 16.1 Å². The molecule has 0 radical (unpaired) electrons. The highest BCUT2D eigenvalue weighted by Gasteiger charge is 2.18. The predicted octanol–water partition coefficient (Wildman–Crippen LogP) is 3.96. The van der Waals surface area contributed by atoms with Crippen LogP contribution < -0.4 is 4.90 Å². The van der Waals surface area contributed by atoms with E-state index in [-0.39, 0.29) is 5.91 Å². The minimum atomic E-state index is -0.127. The standard InChI is InChI=1S/C14H11ClN2OS/c15-13-8-7-12(19-13)14(18)17(10-4-9-16)11-5-2-1-3-6-11/h1-3,5-8H,4,10H2. The molecule has 0 saturated heterocycles. The largest absolute Gasteiger partial charge is 0.307 e. The predicted molar refractivity (Wildman–Crippen MR) is 77.7 cm³/mol. The van der Waals surface area contributed by atoms with Crippen LogP contribution in [-0.4, -0.2) is 12.5 Å². The Morgan fingerprint density at radius 3 is 2.58 bits per heavy atom. The molecule has 0 unspecified atom stereocenters. The number of carbonyl (C=O) groups is 1. The number of rotatable bonds is 4. The van der Waals surface area contributed by atoms with E-state index in [1.807, 2.05) is 30.3 Å². The molecular formula is C14H11ClN2OS. The van der Waals surface area contributed by atoms with Gasteiger partial charge in [-0.25, -0.2) is 0 Å². The summed E-state index contributed by atoms with van der Waals surface area (Å²) in [7, 11) is 0. The van der Waals surface area contributed by atoms with Gasteiger partial charge < -0.3 is 4.90 Å². The lowest BCUT2D eigenvalue weighted by molar-refractivity contribution is 0.0991. The van der Waals surface area contributed by atoms with Gasteiger partial charge in [-0.1, -0.05) is 29.8 Å². The van der Waals surface area contributed by atoms with E-state index in [2.05, 4.69) is 6.07 Å². The second-order valence-electron chi connectivity index (χ2n) is 3.80. The fourth-order valence-electron chi connectivity index (χ4n) is 1.68. The van der Waals surface area contributed by atoms with Gasteiger partial charge in [-0.15, -0.1) is 11.3 Å². The van der Waals surface area contributed by atoms with Crippen molar-refractivity contribution in [1.82, 2.24) is 0 Å². The monoisotopic (exact) mass is 290 g/mol. The third-order valence-corrected chi connectivity index (χ3v) is 3.76. The Morgan fingerprint density at radius 2 is 2.00 bits per heavy atom. The van der Waals surface area contributed by atoms with E-state index in [4.69, 9.17) is 16.9 Å². The zero-order chi connectivity index (χ0) is 13.7. The Hall–Kier alpha value is -1.83. The molecule has 0 aliphatic rings. The normalized spacial score (nSPS) is 9.89. The van der Waals surface area contributed by atoms with Crippen LogP contribution >= 0.6 is 22.9 Å². The maximum Gasteiger partial charge on any atom is 0.268 e. The van der Waals surface area contributed by atoms with Crippen molar-refractivity contribution in [3.05, 3.63) is 51.7 Å². The number of hydrogen-bond donors (Lipinski definition) is 0. The van der Waals surface area contributed by atoms with Crippen LogP contribution in [0.15, 0.2) is 42.5 Å². The van der Waals surface area contributed by atoms with Crippen molar-refractivity contribution in [3.63, 3.8) is 0 Å². The van der Waals surface area contributed by atoms with Gasteiger partial charge in [0.25, 0.3) is 5.91 Å². The van der Waals surface area contributed by atoms with Crippen LogP contribution in [0.4, 0.5) is 5.69 Å². The lowest BCUT2D eigenvalue weighted by atomic mass is 10.2. The van der Waals surface area contributed by atoms with Gasteiger partial charge in [-0.2, -0.15) is 5.26 Å². The summed E-state index contributed by atoms with van der Waals surface area (Å²) in [5.41, 5.74) is 0.785. The fraction of sp³-hybridized carbons (Fsp3) is 0.143. The zero-order valence-electron chi connectivity index (χ0n) is 10.0. The molecular weight excluding hydrogens is 280 g/mol. The third-order valence-electron chi connectivity index (χ3n) is 2.54. The number of nitrogens with zero attached hydrogens (tertiary/aromatic N) is 2. The molecule has 1 aromatic carbocycles. The molecule has 0 aliphatic carbocycles. The third kappa shape index (κ3) is 3.34. The number of para-hydroxylation sites is 1. The van der Waals surface area contributed by atoms with Crippen molar-refractivity contribution in [3.8, 4) is 6.07 Å². The van der Waals surface area contributed by atoms with Gasteiger partial charge in [-0.3, -0.25) is 4.79 Å². The molecule has 5 heteroatoms.